The molecule has 10 heterocycles. The predicted molar refractivity (Wildman–Crippen MR) is 600 cm³/mol. The summed E-state index contributed by atoms with van der Waals surface area (Å²) < 4.78 is 16.1. The molecule has 0 atom stereocenters. The zero-order chi connectivity index (χ0) is 96.1. The minimum absolute atomic E-state index is 0.457. The Balaban J connectivity index is 0.000000104. The molecule has 18 aromatic carbocycles. The van der Waals surface area contributed by atoms with Gasteiger partial charge in [0, 0.05) is 101 Å². The molecular weight excluding hydrogens is 1790 g/mol. The minimum Gasteiger partial charge on any atom is -0.455 e. The van der Waals surface area contributed by atoms with Gasteiger partial charge in [0.2, 0.25) is 0 Å². The molecular formula is C136H86N8OS. The average Bonchev–Trinajstić information content (AvgIpc) is 1.53. The molecule has 0 saturated heterocycles. The van der Waals surface area contributed by atoms with Crippen molar-refractivity contribution in [3.63, 3.8) is 0 Å². The van der Waals surface area contributed by atoms with Crippen LogP contribution in [0.2, 0.25) is 0 Å². The monoisotopic (exact) mass is 1880 g/mol. The molecule has 0 radical (unpaired) electrons. The fourth-order valence-electron chi connectivity index (χ4n) is 24.9. The van der Waals surface area contributed by atoms with Crippen molar-refractivity contribution in [1.29, 1.82) is 0 Å². The van der Waals surface area contributed by atoms with E-state index in [1.54, 1.807) is 6.20 Å². The quantitative estimate of drug-likeness (QED) is 0.121. The van der Waals surface area contributed by atoms with Crippen LogP contribution >= 0.6 is 11.3 Å². The number of furan rings is 1. The second-order valence-corrected chi connectivity index (χ2v) is 39.3. The summed E-state index contributed by atoms with van der Waals surface area (Å²) >= 11 is 1.88. The van der Waals surface area contributed by atoms with Gasteiger partial charge in [-0.05, 0) is 250 Å². The van der Waals surface area contributed by atoms with Crippen molar-refractivity contribution in [3.8, 4) is 84.1 Å². The van der Waals surface area contributed by atoms with E-state index in [0.717, 1.165) is 127 Å². The lowest BCUT2D eigenvalue weighted by atomic mass is 9.67. The lowest BCUT2D eigenvalue weighted by molar-refractivity contribution is 0.670. The van der Waals surface area contributed by atoms with Crippen molar-refractivity contribution in [2.75, 3.05) is 0 Å². The first-order valence-corrected chi connectivity index (χ1v) is 50.6. The van der Waals surface area contributed by atoms with E-state index >= 15 is 0 Å². The third-order valence-corrected chi connectivity index (χ3v) is 32.1. The van der Waals surface area contributed by atoms with Gasteiger partial charge in [-0.2, -0.15) is 0 Å². The Morgan fingerprint density at radius 3 is 1.04 bits per heavy atom. The van der Waals surface area contributed by atoms with E-state index in [0.29, 0.717) is 0 Å². The molecule has 0 fully saturated rings. The number of benzene rings is 18. The van der Waals surface area contributed by atoms with Gasteiger partial charge in [0.25, 0.3) is 0 Å². The third-order valence-electron chi connectivity index (χ3n) is 30.9. The molecule has 0 unspecified atom stereocenters. The fraction of sp³-hybridized carbons (Fsp3) is 0.0221. The van der Waals surface area contributed by atoms with E-state index in [-0.39, 0.29) is 0 Å². The van der Waals surface area contributed by atoms with Gasteiger partial charge in [0.15, 0.2) is 0 Å². The van der Waals surface area contributed by atoms with Crippen LogP contribution in [0.5, 0.6) is 0 Å². The lowest BCUT2D eigenvalue weighted by Gasteiger charge is -2.33. The van der Waals surface area contributed by atoms with Gasteiger partial charge >= 0.3 is 0 Å². The largest absolute Gasteiger partial charge is 0.455 e. The second-order valence-electron chi connectivity index (χ2n) is 38.2. The molecule has 10 aromatic heterocycles. The van der Waals surface area contributed by atoms with Gasteiger partial charge in [-0.25, -0.2) is 4.98 Å². The molecule has 31 rings (SSSR count). The molecule has 0 amide bonds. The number of rotatable bonds is 12. The standard InChI is InChI=1S/C48H30N2O.C48H30N2S.C40H26N4/c2*1-3-13-32(14-4-1)48(33-15-5-2-6-16-33)41-21-9-7-17-36(41)39-30-44-40(29-42(39)48)46-43(22-12-28-49-46)50(44)34-26-24-31(25-27-34)35-19-11-20-38-37-18-8-10-23-45(37)51-47(35)38;1-3-13-28(14-4-1)40(29-15-5-2-6-16-29)33-18-8-7-17-30(33)31-25-37-32(24-34(31)40)39-36(20-11-23-42-39)44(37)38-21-9-19-35(43-38)27-12-10-22-41-26-27/h2*1-30H;1-26H. The molecule has 0 aliphatic heterocycles. The first kappa shape index (κ1) is 84.0. The average molecular weight is 1880 g/mol. The van der Waals surface area contributed by atoms with Crippen molar-refractivity contribution >= 4 is 119 Å². The van der Waals surface area contributed by atoms with Crippen LogP contribution in [0.3, 0.4) is 0 Å². The first-order chi connectivity index (χ1) is 72.4. The SMILES string of the molecule is c1ccc(C2(c3ccccc3)c3ccccc3-c3cc4c(cc32)c2ncccc2n4-c2ccc(-c3cccc4c3oc3ccccc34)cc2)cc1.c1ccc(C2(c3ccccc3)c3ccccc3-c3cc4c(cc32)c2ncccc2n4-c2ccc(-c3cccc4c3sc3ccccc34)cc2)cc1.c1ccc(C2(c3ccccc3)c3ccccc3-c3cc4c(cc32)c2ncccc2n4-c2cccc(-c3cccnc3)n2)cc1. The summed E-state index contributed by atoms with van der Waals surface area (Å²) in [5.74, 6) is 0.850. The highest BCUT2D eigenvalue weighted by Crippen LogP contribution is 2.62. The summed E-state index contributed by atoms with van der Waals surface area (Å²) in [6.07, 6.45) is 9.36. The molecule has 682 valence electrons. The van der Waals surface area contributed by atoms with Crippen molar-refractivity contribution in [2.45, 2.75) is 16.2 Å². The van der Waals surface area contributed by atoms with Crippen molar-refractivity contribution in [1.82, 2.24) is 38.6 Å². The maximum absolute atomic E-state index is 6.39. The molecule has 0 spiro atoms. The van der Waals surface area contributed by atoms with E-state index in [1.165, 1.54) is 131 Å². The van der Waals surface area contributed by atoms with Gasteiger partial charge in [-0.1, -0.05) is 358 Å². The smallest absolute Gasteiger partial charge is 0.143 e. The molecule has 9 nitrogen and oxygen atoms in total. The Morgan fingerprint density at radius 2 is 0.589 bits per heavy atom. The molecule has 0 saturated carbocycles. The third kappa shape index (κ3) is 12.6. The number of aromatic nitrogens is 8. The number of fused-ring (bicyclic) bond motifs is 24. The number of hydrogen-bond acceptors (Lipinski definition) is 7. The lowest BCUT2D eigenvalue weighted by Crippen LogP contribution is -2.28. The highest BCUT2D eigenvalue weighted by Gasteiger charge is 2.50. The molecule has 0 N–H and O–H groups in total. The Kier molecular flexibility index (Phi) is 19.4. The number of thiophene rings is 1. The van der Waals surface area contributed by atoms with Crippen molar-refractivity contribution in [3.05, 3.63) is 589 Å². The number of para-hydroxylation sites is 2. The molecule has 10 heteroatoms. The van der Waals surface area contributed by atoms with Gasteiger partial charge in [-0.3, -0.25) is 24.5 Å². The topological polar surface area (TPSA) is 92.4 Å². The van der Waals surface area contributed by atoms with Crippen LogP contribution in [-0.2, 0) is 16.2 Å². The molecule has 146 heavy (non-hydrogen) atoms. The highest BCUT2D eigenvalue weighted by molar-refractivity contribution is 7.26. The first-order valence-electron chi connectivity index (χ1n) is 49.8. The predicted octanol–water partition coefficient (Wildman–Crippen LogP) is 33.7. The zero-order valence-corrected chi connectivity index (χ0v) is 79.9. The van der Waals surface area contributed by atoms with Crippen LogP contribution in [0.1, 0.15) is 66.8 Å². The summed E-state index contributed by atoms with van der Waals surface area (Å²) in [5, 5.41) is 8.33. The van der Waals surface area contributed by atoms with Crippen molar-refractivity contribution in [2.24, 2.45) is 0 Å². The number of hydrogen-bond donors (Lipinski definition) is 0. The van der Waals surface area contributed by atoms with Crippen LogP contribution in [0, 0.1) is 0 Å². The summed E-state index contributed by atoms with van der Waals surface area (Å²) in [6.45, 7) is 0. The van der Waals surface area contributed by atoms with Crippen LogP contribution in [0.4, 0.5) is 0 Å². The van der Waals surface area contributed by atoms with Crippen molar-refractivity contribution < 1.29 is 4.42 Å². The maximum atomic E-state index is 6.39. The number of nitrogens with zero attached hydrogens (tertiary/aromatic N) is 8. The minimum atomic E-state index is -0.468. The van der Waals surface area contributed by atoms with E-state index in [4.69, 9.17) is 24.4 Å². The molecule has 3 aliphatic rings. The number of pyridine rings is 5. The van der Waals surface area contributed by atoms with Crippen LogP contribution < -0.4 is 0 Å². The Bertz CT molecular complexity index is 9530. The normalized spacial score (nSPS) is 13.2. The zero-order valence-electron chi connectivity index (χ0n) is 79.0. The van der Waals surface area contributed by atoms with E-state index in [2.05, 4.69) is 468 Å². The van der Waals surface area contributed by atoms with Crippen LogP contribution in [0.15, 0.2) is 527 Å². The van der Waals surface area contributed by atoms with Gasteiger partial charge in [0.1, 0.15) is 17.0 Å². The maximum Gasteiger partial charge on any atom is 0.143 e. The summed E-state index contributed by atoms with van der Waals surface area (Å²) in [5.41, 5.74) is 41.6. The Morgan fingerprint density at radius 1 is 0.226 bits per heavy atom. The van der Waals surface area contributed by atoms with Gasteiger partial charge < -0.3 is 13.6 Å². The Labute approximate surface area is 845 Å². The summed E-state index contributed by atoms with van der Waals surface area (Å²) in [7, 11) is 0. The molecule has 0 bridgehead atoms. The van der Waals surface area contributed by atoms with E-state index in [9.17, 15) is 0 Å². The van der Waals surface area contributed by atoms with Crippen LogP contribution in [0.25, 0.3) is 192 Å². The molecule has 28 aromatic rings. The fourth-order valence-corrected chi connectivity index (χ4v) is 26.1. The summed E-state index contributed by atoms with van der Waals surface area (Å²) in [4.78, 5) is 24.4. The van der Waals surface area contributed by atoms with E-state index in [1.807, 2.05) is 78.6 Å². The van der Waals surface area contributed by atoms with Crippen LogP contribution in [-0.4, -0.2) is 38.6 Å². The van der Waals surface area contributed by atoms with Gasteiger partial charge in [-0.15, -0.1) is 11.3 Å². The Hall–Kier alpha value is -18.9. The van der Waals surface area contributed by atoms with Gasteiger partial charge in [0.05, 0.1) is 71.6 Å². The van der Waals surface area contributed by atoms with E-state index < -0.39 is 16.2 Å². The highest BCUT2D eigenvalue weighted by atomic mass is 32.1. The molecule has 3 aliphatic carbocycles. The second kappa shape index (κ2) is 33.7. The summed E-state index contributed by atoms with van der Waals surface area (Å²) in [6, 6.07) is 178.